The molecule has 0 radical (unpaired) electrons. The standard InChI is InChI=1S/C25H36N4O7/c1-26(2)12-6-10-19-11-7-13-29(25(35)36-17-18-8-4-3-5-9-18)21(19)22(30)28-15-14-27(24(33)34)16-20(28)23(31)32/h3-5,8-9,19-21H,6-7,10-17H2,1-2H3,(H,31,32)(H,33,34)/t19-,20-,21+/m0/s1. The summed E-state index contributed by atoms with van der Waals surface area (Å²) >= 11 is 0. The Kier molecular flexibility index (Phi) is 9.51. The molecule has 2 N–H and O–H groups in total. The molecule has 11 heteroatoms. The third-order valence-electron chi connectivity index (χ3n) is 6.85. The van der Waals surface area contributed by atoms with E-state index < -0.39 is 36.1 Å². The van der Waals surface area contributed by atoms with E-state index in [0.29, 0.717) is 19.4 Å². The van der Waals surface area contributed by atoms with Crippen molar-refractivity contribution in [2.45, 2.75) is 44.4 Å². The quantitative estimate of drug-likeness (QED) is 0.550. The number of amides is 3. The number of benzene rings is 1. The van der Waals surface area contributed by atoms with Crippen molar-refractivity contribution in [3.63, 3.8) is 0 Å². The zero-order chi connectivity index (χ0) is 26.2. The third kappa shape index (κ3) is 6.87. The number of piperazine rings is 1. The molecular formula is C25H36N4O7. The Hall–Kier alpha value is -3.34. The molecular weight excluding hydrogens is 468 g/mol. The maximum atomic E-state index is 13.9. The van der Waals surface area contributed by atoms with Crippen molar-refractivity contribution in [2.75, 3.05) is 46.8 Å². The highest BCUT2D eigenvalue weighted by Gasteiger charge is 2.46. The number of hydrogen-bond donors (Lipinski definition) is 2. The van der Waals surface area contributed by atoms with Crippen LogP contribution in [0.1, 0.15) is 31.2 Å². The molecule has 1 aromatic rings. The van der Waals surface area contributed by atoms with Crippen molar-refractivity contribution in [1.82, 2.24) is 19.6 Å². The summed E-state index contributed by atoms with van der Waals surface area (Å²) < 4.78 is 5.55. The van der Waals surface area contributed by atoms with E-state index in [4.69, 9.17) is 4.74 Å². The lowest BCUT2D eigenvalue weighted by Crippen LogP contribution is -2.64. The van der Waals surface area contributed by atoms with Gasteiger partial charge in [0, 0.05) is 19.6 Å². The molecule has 0 unspecified atom stereocenters. The number of carbonyl (C=O) groups is 4. The van der Waals surface area contributed by atoms with E-state index in [1.165, 1.54) is 9.80 Å². The number of carbonyl (C=O) groups excluding carboxylic acids is 2. The van der Waals surface area contributed by atoms with E-state index in [9.17, 15) is 29.4 Å². The van der Waals surface area contributed by atoms with Crippen LogP contribution >= 0.6 is 0 Å². The molecule has 0 aromatic heterocycles. The van der Waals surface area contributed by atoms with Gasteiger partial charge in [0.2, 0.25) is 5.91 Å². The minimum Gasteiger partial charge on any atom is -0.480 e. The largest absolute Gasteiger partial charge is 0.480 e. The number of aliphatic carboxylic acids is 1. The fourth-order valence-electron chi connectivity index (χ4n) is 4.99. The second-order valence-corrected chi connectivity index (χ2v) is 9.64. The van der Waals surface area contributed by atoms with Gasteiger partial charge in [0.05, 0.1) is 6.54 Å². The minimum atomic E-state index is -1.31. The molecule has 0 bridgehead atoms. The Morgan fingerprint density at radius 1 is 1.03 bits per heavy atom. The van der Waals surface area contributed by atoms with Crippen LogP contribution in [-0.4, -0.2) is 113 Å². The summed E-state index contributed by atoms with van der Waals surface area (Å²) in [5, 5.41) is 19.1. The van der Waals surface area contributed by atoms with Crippen LogP contribution in [0.3, 0.4) is 0 Å². The van der Waals surface area contributed by atoms with Crippen molar-refractivity contribution in [1.29, 1.82) is 0 Å². The van der Waals surface area contributed by atoms with Gasteiger partial charge in [0.25, 0.3) is 0 Å². The van der Waals surface area contributed by atoms with Gasteiger partial charge < -0.3 is 29.6 Å². The van der Waals surface area contributed by atoms with Crippen LogP contribution in [0.15, 0.2) is 30.3 Å². The predicted molar refractivity (Wildman–Crippen MR) is 130 cm³/mol. The minimum absolute atomic E-state index is 0.0152. The van der Waals surface area contributed by atoms with Crippen LogP contribution in [0.25, 0.3) is 0 Å². The zero-order valence-corrected chi connectivity index (χ0v) is 20.9. The summed E-state index contributed by atoms with van der Waals surface area (Å²) in [5.41, 5.74) is 0.823. The normalized spacial score (nSPS) is 22.4. The van der Waals surface area contributed by atoms with E-state index in [2.05, 4.69) is 4.90 Å². The molecule has 2 aliphatic heterocycles. The lowest BCUT2D eigenvalue weighted by Gasteiger charge is -2.45. The van der Waals surface area contributed by atoms with E-state index >= 15 is 0 Å². The summed E-state index contributed by atoms with van der Waals surface area (Å²) in [6.07, 6.45) is 1.14. The highest BCUT2D eigenvalue weighted by molar-refractivity contribution is 5.90. The van der Waals surface area contributed by atoms with Gasteiger partial charge in [-0.3, -0.25) is 9.69 Å². The highest BCUT2D eigenvalue weighted by atomic mass is 16.6. The van der Waals surface area contributed by atoms with Crippen LogP contribution < -0.4 is 0 Å². The zero-order valence-electron chi connectivity index (χ0n) is 20.9. The molecule has 0 spiro atoms. The number of carboxylic acid groups (broad SMARTS) is 2. The molecule has 0 aliphatic carbocycles. The molecule has 36 heavy (non-hydrogen) atoms. The maximum absolute atomic E-state index is 13.9. The summed E-state index contributed by atoms with van der Waals surface area (Å²) in [7, 11) is 3.94. The fraction of sp³-hybridized carbons (Fsp3) is 0.600. The molecule has 2 fully saturated rings. The summed E-state index contributed by atoms with van der Waals surface area (Å²) in [6.45, 7) is 0.882. The van der Waals surface area contributed by atoms with E-state index in [-0.39, 0.29) is 32.2 Å². The topological polar surface area (TPSA) is 131 Å². The van der Waals surface area contributed by atoms with Crippen LogP contribution in [0.2, 0.25) is 0 Å². The lowest BCUT2D eigenvalue weighted by molar-refractivity contribution is -0.157. The van der Waals surface area contributed by atoms with Gasteiger partial charge in [-0.05, 0) is 57.8 Å². The number of carboxylic acids is 1. The van der Waals surface area contributed by atoms with Crippen LogP contribution in [-0.2, 0) is 20.9 Å². The van der Waals surface area contributed by atoms with Gasteiger partial charge in [0.1, 0.15) is 18.7 Å². The van der Waals surface area contributed by atoms with Gasteiger partial charge in [-0.1, -0.05) is 30.3 Å². The van der Waals surface area contributed by atoms with Gasteiger partial charge in [0.15, 0.2) is 0 Å². The molecule has 198 valence electrons. The van der Waals surface area contributed by atoms with Crippen LogP contribution in [0.5, 0.6) is 0 Å². The first kappa shape index (κ1) is 27.3. The number of hydrogen-bond acceptors (Lipinski definition) is 6. The second-order valence-electron chi connectivity index (χ2n) is 9.64. The molecule has 0 saturated carbocycles. The molecule has 3 rings (SSSR count). The molecule has 2 heterocycles. The summed E-state index contributed by atoms with van der Waals surface area (Å²) in [6, 6.07) is 7.08. The van der Waals surface area contributed by atoms with Crippen molar-refractivity contribution in [2.24, 2.45) is 5.92 Å². The van der Waals surface area contributed by atoms with Gasteiger partial charge in [-0.2, -0.15) is 0 Å². The average Bonchev–Trinajstić information content (AvgIpc) is 2.86. The molecule has 2 saturated heterocycles. The van der Waals surface area contributed by atoms with E-state index in [0.717, 1.165) is 29.8 Å². The van der Waals surface area contributed by atoms with Crippen molar-refractivity contribution in [3.8, 4) is 0 Å². The smallest absolute Gasteiger partial charge is 0.410 e. The Balaban J connectivity index is 1.82. The third-order valence-corrected chi connectivity index (χ3v) is 6.85. The molecule has 1 aromatic carbocycles. The fourth-order valence-corrected chi connectivity index (χ4v) is 4.99. The first-order valence-electron chi connectivity index (χ1n) is 12.3. The van der Waals surface area contributed by atoms with Crippen LogP contribution in [0, 0.1) is 5.92 Å². The lowest BCUT2D eigenvalue weighted by atomic mass is 9.84. The van der Waals surface area contributed by atoms with Crippen molar-refractivity contribution in [3.05, 3.63) is 35.9 Å². The highest BCUT2D eigenvalue weighted by Crippen LogP contribution is 2.31. The Morgan fingerprint density at radius 2 is 1.75 bits per heavy atom. The van der Waals surface area contributed by atoms with Gasteiger partial charge >= 0.3 is 18.2 Å². The second kappa shape index (κ2) is 12.6. The monoisotopic (exact) mass is 504 g/mol. The summed E-state index contributed by atoms with van der Waals surface area (Å²) in [5.74, 6) is -1.88. The average molecular weight is 505 g/mol. The number of piperidine rings is 1. The Labute approximate surface area is 211 Å². The summed E-state index contributed by atoms with van der Waals surface area (Å²) in [4.78, 5) is 56.2. The van der Waals surface area contributed by atoms with Gasteiger partial charge in [-0.25, -0.2) is 14.4 Å². The van der Waals surface area contributed by atoms with E-state index in [1.807, 2.05) is 44.4 Å². The molecule has 11 nitrogen and oxygen atoms in total. The molecule has 3 atom stereocenters. The Morgan fingerprint density at radius 3 is 2.39 bits per heavy atom. The van der Waals surface area contributed by atoms with E-state index in [1.54, 1.807) is 0 Å². The Bertz CT molecular complexity index is 926. The van der Waals surface area contributed by atoms with Gasteiger partial charge in [-0.15, -0.1) is 0 Å². The van der Waals surface area contributed by atoms with Crippen molar-refractivity contribution >= 4 is 24.1 Å². The van der Waals surface area contributed by atoms with Crippen molar-refractivity contribution < 1.29 is 34.1 Å². The number of nitrogens with zero attached hydrogens (tertiary/aromatic N) is 4. The predicted octanol–water partition coefficient (Wildman–Crippen LogP) is 2.02. The molecule has 2 aliphatic rings. The number of likely N-dealkylation sites (tertiary alicyclic amines) is 1. The number of ether oxygens (including phenoxy) is 1. The molecule has 3 amide bonds. The first-order chi connectivity index (χ1) is 17.2. The number of rotatable bonds is 8. The first-order valence-corrected chi connectivity index (χ1v) is 12.3. The SMILES string of the molecule is CN(C)CCC[C@H]1CCCN(C(=O)OCc2ccccc2)[C@H]1C(=O)N1CCN(C(=O)O)C[C@H]1C(=O)O. The maximum Gasteiger partial charge on any atom is 0.410 e. The van der Waals surface area contributed by atoms with Crippen LogP contribution in [0.4, 0.5) is 9.59 Å².